The van der Waals surface area contributed by atoms with Gasteiger partial charge >= 0.3 is 6.18 Å². The van der Waals surface area contributed by atoms with Gasteiger partial charge in [-0.2, -0.15) is 13.2 Å². The molecule has 0 N–H and O–H groups in total. The van der Waals surface area contributed by atoms with E-state index in [2.05, 4.69) is 23.8 Å². The van der Waals surface area contributed by atoms with E-state index in [0.717, 1.165) is 22.9 Å². The maximum absolute atomic E-state index is 13.3. The summed E-state index contributed by atoms with van der Waals surface area (Å²) in [4.78, 5) is 13.2. The summed E-state index contributed by atoms with van der Waals surface area (Å²) in [6.07, 6.45) is 1.06. The average Bonchev–Trinajstić information content (AvgIpc) is 3.38. The minimum absolute atomic E-state index is 0.111. The molecule has 4 heterocycles. The molecule has 29 heavy (non-hydrogen) atoms. The van der Waals surface area contributed by atoms with E-state index in [1.54, 1.807) is 10.8 Å². The minimum atomic E-state index is -4.47. The van der Waals surface area contributed by atoms with E-state index in [1.807, 2.05) is 29.0 Å². The largest absolute Gasteiger partial charge is 0.434 e. The molecule has 0 radical (unpaired) electrons. The fourth-order valence-corrected chi connectivity index (χ4v) is 4.48. The number of thioether (sulfide) groups is 1. The number of aromatic nitrogens is 5. The highest BCUT2D eigenvalue weighted by molar-refractivity contribution is 8.02. The highest BCUT2D eigenvalue weighted by Crippen LogP contribution is 2.40. The molecule has 154 valence electrons. The number of aryl methyl sites for hydroxylation is 1. The lowest BCUT2D eigenvalue weighted by Gasteiger charge is -2.13. The maximum Gasteiger partial charge on any atom is 0.434 e. The molecule has 4 rings (SSSR count). The topological polar surface area (TPSA) is 48.5 Å². The molecule has 0 aromatic carbocycles. The fraction of sp³-hybridized carbons (Fsp3) is 0.450. The van der Waals surface area contributed by atoms with Crippen molar-refractivity contribution in [3.63, 3.8) is 0 Å². The van der Waals surface area contributed by atoms with Gasteiger partial charge in [0.25, 0.3) is 0 Å². The van der Waals surface area contributed by atoms with Gasteiger partial charge in [-0.15, -0.1) is 11.8 Å². The Balaban J connectivity index is 1.76. The minimum Gasteiger partial charge on any atom is -0.326 e. The lowest BCUT2D eigenvalue weighted by atomic mass is 10.1. The Bertz CT molecular complexity index is 1060. The quantitative estimate of drug-likeness (QED) is 0.544. The lowest BCUT2D eigenvalue weighted by Crippen LogP contribution is -2.11. The summed E-state index contributed by atoms with van der Waals surface area (Å²) in [5.41, 5.74) is 1.79. The van der Waals surface area contributed by atoms with Crippen LogP contribution in [-0.4, -0.2) is 24.1 Å². The number of halogens is 3. The third kappa shape index (κ3) is 3.80. The first-order chi connectivity index (χ1) is 13.8. The first kappa shape index (κ1) is 20.0. The van der Waals surface area contributed by atoms with Gasteiger partial charge in [0, 0.05) is 18.4 Å². The van der Waals surface area contributed by atoms with Gasteiger partial charge < -0.3 is 9.13 Å². The molecule has 1 unspecified atom stereocenters. The van der Waals surface area contributed by atoms with E-state index >= 15 is 0 Å². The molecule has 5 nitrogen and oxygen atoms in total. The number of pyridine rings is 1. The number of imidazole rings is 2. The zero-order valence-corrected chi connectivity index (χ0v) is 17.3. The van der Waals surface area contributed by atoms with Crippen LogP contribution in [0.3, 0.4) is 0 Å². The highest BCUT2D eigenvalue weighted by Gasteiger charge is 2.36. The zero-order chi connectivity index (χ0) is 20.8. The summed E-state index contributed by atoms with van der Waals surface area (Å²) in [5, 5.41) is 1.80. The molecule has 3 aromatic heterocycles. The molecule has 0 saturated heterocycles. The van der Waals surface area contributed by atoms with E-state index in [1.165, 1.54) is 11.8 Å². The van der Waals surface area contributed by atoms with Gasteiger partial charge in [0.2, 0.25) is 0 Å². The predicted octanol–water partition coefficient (Wildman–Crippen LogP) is 5.53. The third-order valence-corrected chi connectivity index (χ3v) is 6.11. The normalized spacial score (nSPS) is 17.1. The Hall–Kier alpha value is -2.29. The summed E-state index contributed by atoms with van der Waals surface area (Å²) >= 11 is 1.50. The number of nitrogens with zero attached hydrogens (tertiary/aromatic N) is 5. The molecule has 3 aromatic rings. The molecule has 0 amide bonds. The van der Waals surface area contributed by atoms with Gasteiger partial charge in [-0.05, 0) is 30.7 Å². The van der Waals surface area contributed by atoms with Crippen LogP contribution in [-0.2, 0) is 19.3 Å². The van der Waals surface area contributed by atoms with Crippen LogP contribution in [0.1, 0.15) is 61.4 Å². The SMILES string of the molecule is CCn1c(Cn2cc(C(F)(F)F)nc2C2CC=CS2)nc2cc(C(C)C)ncc21. The van der Waals surface area contributed by atoms with Crippen LogP contribution >= 0.6 is 11.8 Å². The standard InChI is InChI=1S/C20H22F3N5S/c1-4-28-15-9-24-13(12(2)3)8-14(15)25-18(28)11-27-10-17(20(21,22)23)26-19(27)16-6-5-7-29-16/h5,7-10,12,16H,4,6,11H2,1-3H3. The maximum atomic E-state index is 13.3. The van der Waals surface area contributed by atoms with Crippen LogP contribution in [0.2, 0.25) is 0 Å². The van der Waals surface area contributed by atoms with Crippen LogP contribution in [0, 0.1) is 0 Å². The Morgan fingerprint density at radius 3 is 2.69 bits per heavy atom. The highest BCUT2D eigenvalue weighted by atomic mass is 32.2. The van der Waals surface area contributed by atoms with E-state index in [9.17, 15) is 13.2 Å². The summed E-state index contributed by atoms with van der Waals surface area (Å²) in [7, 11) is 0. The van der Waals surface area contributed by atoms with Crippen molar-refractivity contribution in [3.8, 4) is 0 Å². The van der Waals surface area contributed by atoms with Crippen LogP contribution in [0.5, 0.6) is 0 Å². The summed E-state index contributed by atoms with van der Waals surface area (Å²) in [5.74, 6) is 1.41. The van der Waals surface area contributed by atoms with E-state index < -0.39 is 11.9 Å². The van der Waals surface area contributed by atoms with Crippen LogP contribution in [0.4, 0.5) is 13.2 Å². The van der Waals surface area contributed by atoms with E-state index in [4.69, 9.17) is 4.98 Å². The second-order valence-corrected chi connectivity index (χ2v) is 8.48. The van der Waals surface area contributed by atoms with Crippen molar-refractivity contribution in [2.45, 2.75) is 57.6 Å². The van der Waals surface area contributed by atoms with Crippen LogP contribution < -0.4 is 0 Å². The van der Waals surface area contributed by atoms with Crippen molar-refractivity contribution in [2.75, 3.05) is 0 Å². The van der Waals surface area contributed by atoms with Gasteiger partial charge in [-0.25, -0.2) is 9.97 Å². The van der Waals surface area contributed by atoms with Crippen molar-refractivity contribution in [3.05, 3.63) is 53.0 Å². The first-order valence-corrected chi connectivity index (χ1v) is 10.5. The predicted molar refractivity (Wildman–Crippen MR) is 108 cm³/mol. The molecular weight excluding hydrogens is 399 g/mol. The average molecular weight is 421 g/mol. The van der Waals surface area contributed by atoms with Crippen molar-refractivity contribution in [1.29, 1.82) is 0 Å². The molecule has 0 saturated carbocycles. The summed E-state index contributed by atoms with van der Waals surface area (Å²) in [6, 6.07) is 1.96. The molecule has 0 bridgehead atoms. The van der Waals surface area contributed by atoms with Gasteiger partial charge in [0.15, 0.2) is 5.69 Å². The molecule has 1 atom stereocenters. The Morgan fingerprint density at radius 2 is 2.07 bits per heavy atom. The van der Waals surface area contributed by atoms with Gasteiger partial charge in [-0.1, -0.05) is 19.9 Å². The van der Waals surface area contributed by atoms with Gasteiger partial charge in [0.1, 0.15) is 11.6 Å². The second kappa shape index (κ2) is 7.51. The van der Waals surface area contributed by atoms with Crippen LogP contribution in [0.25, 0.3) is 11.0 Å². The number of allylic oxidation sites excluding steroid dienone is 1. The fourth-order valence-electron chi connectivity index (χ4n) is 3.53. The Kier molecular flexibility index (Phi) is 5.18. The smallest absolute Gasteiger partial charge is 0.326 e. The van der Waals surface area contributed by atoms with Crippen LogP contribution in [0.15, 0.2) is 29.9 Å². The van der Waals surface area contributed by atoms with Gasteiger partial charge in [0.05, 0.1) is 29.0 Å². The lowest BCUT2D eigenvalue weighted by molar-refractivity contribution is -0.141. The van der Waals surface area contributed by atoms with Crippen molar-refractivity contribution >= 4 is 22.8 Å². The molecule has 0 aliphatic carbocycles. The number of hydrogen-bond donors (Lipinski definition) is 0. The van der Waals surface area contributed by atoms with Gasteiger partial charge in [-0.3, -0.25) is 4.98 Å². The molecular formula is C20H22F3N5S. The Labute approximate surface area is 171 Å². The monoisotopic (exact) mass is 421 g/mol. The van der Waals surface area contributed by atoms with E-state index in [0.29, 0.717) is 24.6 Å². The summed E-state index contributed by atoms with van der Waals surface area (Å²) in [6.45, 7) is 7.01. The number of rotatable bonds is 5. The second-order valence-electron chi connectivity index (χ2n) is 7.37. The molecule has 9 heteroatoms. The van der Waals surface area contributed by atoms with E-state index in [-0.39, 0.29) is 17.7 Å². The van der Waals surface area contributed by atoms with Crippen molar-refractivity contribution < 1.29 is 13.2 Å². The first-order valence-electron chi connectivity index (χ1n) is 9.57. The molecule has 0 fully saturated rings. The zero-order valence-electron chi connectivity index (χ0n) is 16.4. The molecule has 1 aliphatic heterocycles. The number of fused-ring (bicyclic) bond motifs is 1. The molecule has 0 spiro atoms. The van der Waals surface area contributed by atoms with Crippen molar-refractivity contribution in [2.24, 2.45) is 0 Å². The summed E-state index contributed by atoms with van der Waals surface area (Å²) < 4.78 is 43.5. The van der Waals surface area contributed by atoms with Crippen molar-refractivity contribution in [1.82, 2.24) is 24.1 Å². The number of hydrogen-bond acceptors (Lipinski definition) is 4. The number of alkyl halides is 3. The molecule has 1 aliphatic rings. The third-order valence-electron chi connectivity index (χ3n) is 5.03. The Morgan fingerprint density at radius 1 is 1.28 bits per heavy atom.